The van der Waals surface area contributed by atoms with E-state index < -0.39 is 0 Å². The van der Waals surface area contributed by atoms with Crippen LogP contribution in [0.1, 0.15) is 15.9 Å². The maximum atomic E-state index is 12.6. The van der Waals surface area contributed by atoms with E-state index >= 15 is 0 Å². The number of aromatic nitrogens is 1. The number of nitrogens with one attached hydrogen (secondary N) is 2. The number of carbonyl (C=O) groups excluding carboxylic acids is 2. The van der Waals surface area contributed by atoms with Crippen molar-refractivity contribution in [3.63, 3.8) is 0 Å². The zero-order valence-electron chi connectivity index (χ0n) is 14.2. The molecule has 0 atom stereocenters. The van der Waals surface area contributed by atoms with Crippen molar-refractivity contribution in [1.82, 2.24) is 10.3 Å². The predicted octanol–water partition coefficient (Wildman–Crippen LogP) is 4.28. The molecule has 8 heteroatoms. The quantitative estimate of drug-likeness (QED) is 0.670. The predicted molar refractivity (Wildman–Crippen MR) is 105 cm³/mol. The molecule has 1 aliphatic heterocycles. The molecule has 0 bridgehead atoms. The Morgan fingerprint density at radius 3 is 2.93 bits per heavy atom. The number of cyclic esters (lactones) is 1. The molecule has 6 nitrogen and oxygen atoms in total. The molecular weight excluding hydrogens is 386 g/mol. The van der Waals surface area contributed by atoms with Gasteiger partial charge in [0.1, 0.15) is 6.61 Å². The number of benzene rings is 1. The maximum absolute atomic E-state index is 12.6. The van der Waals surface area contributed by atoms with E-state index in [2.05, 4.69) is 10.3 Å². The van der Waals surface area contributed by atoms with Gasteiger partial charge >= 0.3 is 6.09 Å². The van der Waals surface area contributed by atoms with Crippen LogP contribution in [0.3, 0.4) is 0 Å². The largest absolute Gasteiger partial charge is 0.447 e. The Morgan fingerprint density at radius 2 is 2.19 bits per heavy atom. The molecule has 2 N–H and O–H groups in total. The number of aromatic amines is 1. The maximum Gasteiger partial charge on any atom is 0.414 e. The average molecular weight is 402 g/mol. The van der Waals surface area contributed by atoms with Crippen molar-refractivity contribution in [2.45, 2.75) is 6.54 Å². The fourth-order valence-corrected chi connectivity index (χ4v) is 4.03. The van der Waals surface area contributed by atoms with Gasteiger partial charge in [-0.3, -0.25) is 9.69 Å². The number of ether oxygens (including phenoxy) is 1. The Hall–Kier alpha value is -2.77. The number of rotatable bonds is 5. The molecule has 27 heavy (non-hydrogen) atoms. The first-order valence-electron chi connectivity index (χ1n) is 8.36. The summed E-state index contributed by atoms with van der Waals surface area (Å²) in [5.74, 6) is -0.179. The second-order valence-electron chi connectivity index (χ2n) is 6.01. The number of amides is 2. The second kappa shape index (κ2) is 7.46. The summed E-state index contributed by atoms with van der Waals surface area (Å²) in [6, 6.07) is 11.2. The van der Waals surface area contributed by atoms with Gasteiger partial charge in [0.15, 0.2) is 0 Å². The monoisotopic (exact) mass is 401 g/mol. The number of H-pyrrole nitrogens is 1. The van der Waals surface area contributed by atoms with Crippen LogP contribution in [0.25, 0.3) is 10.4 Å². The summed E-state index contributed by atoms with van der Waals surface area (Å²) in [5.41, 5.74) is 3.04. The van der Waals surface area contributed by atoms with Crippen LogP contribution in [-0.4, -0.2) is 30.1 Å². The van der Waals surface area contributed by atoms with Gasteiger partial charge in [-0.2, -0.15) is 0 Å². The molecule has 1 saturated heterocycles. The van der Waals surface area contributed by atoms with Gasteiger partial charge in [-0.1, -0.05) is 23.7 Å². The van der Waals surface area contributed by atoms with Gasteiger partial charge in [-0.25, -0.2) is 4.79 Å². The van der Waals surface area contributed by atoms with Gasteiger partial charge in [0.05, 0.1) is 16.4 Å². The molecule has 0 spiro atoms. The minimum atomic E-state index is -0.345. The SMILES string of the molecule is O=C(NCc1cccc(N2CCOC2=O)c1)c1c[nH]cc1-c1ccc(Cl)s1. The van der Waals surface area contributed by atoms with Gasteiger partial charge < -0.3 is 15.0 Å². The van der Waals surface area contributed by atoms with Crippen molar-refractivity contribution < 1.29 is 14.3 Å². The van der Waals surface area contributed by atoms with Crippen molar-refractivity contribution in [3.8, 4) is 10.4 Å². The van der Waals surface area contributed by atoms with Crippen LogP contribution in [0.2, 0.25) is 4.34 Å². The van der Waals surface area contributed by atoms with Gasteiger partial charge in [0.25, 0.3) is 5.91 Å². The third-order valence-electron chi connectivity index (χ3n) is 4.26. The molecule has 4 rings (SSSR count). The number of carbonyl (C=O) groups is 2. The highest BCUT2D eigenvalue weighted by Gasteiger charge is 2.23. The first kappa shape index (κ1) is 17.6. The number of hydrogen-bond acceptors (Lipinski definition) is 4. The molecule has 1 fully saturated rings. The van der Waals surface area contributed by atoms with Gasteiger partial charge in [0, 0.05) is 35.1 Å². The average Bonchev–Trinajstić information content (AvgIpc) is 3.40. The van der Waals surface area contributed by atoms with Crippen LogP contribution < -0.4 is 10.2 Å². The lowest BCUT2D eigenvalue weighted by Gasteiger charge is -2.14. The van der Waals surface area contributed by atoms with Crippen LogP contribution in [-0.2, 0) is 11.3 Å². The zero-order valence-corrected chi connectivity index (χ0v) is 15.8. The number of nitrogens with zero attached hydrogens (tertiary/aromatic N) is 1. The number of hydrogen-bond donors (Lipinski definition) is 2. The lowest BCUT2D eigenvalue weighted by molar-refractivity contribution is 0.0951. The van der Waals surface area contributed by atoms with Crippen molar-refractivity contribution in [1.29, 1.82) is 0 Å². The van der Waals surface area contributed by atoms with Crippen LogP contribution >= 0.6 is 22.9 Å². The van der Waals surface area contributed by atoms with Crippen LogP contribution in [0.4, 0.5) is 10.5 Å². The van der Waals surface area contributed by atoms with Crippen molar-refractivity contribution >= 4 is 40.6 Å². The second-order valence-corrected chi connectivity index (χ2v) is 7.72. The fraction of sp³-hybridized carbons (Fsp3) is 0.158. The van der Waals surface area contributed by atoms with E-state index in [9.17, 15) is 9.59 Å². The Labute approximate surface area is 164 Å². The summed E-state index contributed by atoms with van der Waals surface area (Å²) in [7, 11) is 0. The molecule has 3 heterocycles. The third kappa shape index (κ3) is 3.70. The normalized spacial score (nSPS) is 13.7. The molecule has 138 valence electrons. The fourth-order valence-electron chi connectivity index (χ4n) is 2.95. The van der Waals surface area contributed by atoms with Crippen molar-refractivity contribution in [3.05, 3.63) is 64.3 Å². The van der Waals surface area contributed by atoms with Crippen molar-refractivity contribution in [2.24, 2.45) is 0 Å². The van der Waals surface area contributed by atoms with E-state index in [1.165, 1.54) is 11.3 Å². The van der Waals surface area contributed by atoms with Gasteiger partial charge in [0.2, 0.25) is 0 Å². The van der Waals surface area contributed by atoms with Crippen LogP contribution in [0.5, 0.6) is 0 Å². The lowest BCUT2D eigenvalue weighted by Crippen LogP contribution is -2.25. The Balaban J connectivity index is 1.46. The Kier molecular flexibility index (Phi) is 4.87. The lowest BCUT2D eigenvalue weighted by atomic mass is 10.1. The number of anilines is 1. The Bertz CT molecular complexity index is 998. The van der Waals surface area contributed by atoms with E-state index in [4.69, 9.17) is 16.3 Å². The molecule has 2 amide bonds. The summed E-state index contributed by atoms with van der Waals surface area (Å²) < 4.78 is 5.64. The summed E-state index contributed by atoms with van der Waals surface area (Å²) in [6.07, 6.45) is 3.12. The molecule has 2 aromatic heterocycles. The van der Waals surface area contributed by atoms with Gasteiger partial charge in [-0.15, -0.1) is 11.3 Å². The molecule has 0 unspecified atom stereocenters. The molecule has 1 aromatic carbocycles. The number of thiophene rings is 1. The molecule has 0 aliphatic carbocycles. The number of halogens is 1. The van der Waals surface area contributed by atoms with Crippen molar-refractivity contribution in [2.75, 3.05) is 18.1 Å². The molecule has 1 aliphatic rings. The zero-order chi connectivity index (χ0) is 18.8. The minimum absolute atomic E-state index is 0.179. The smallest absolute Gasteiger partial charge is 0.414 e. The van der Waals surface area contributed by atoms with Crippen LogP contribution in [0, 0.1) is 0 Å². The van der Waals surface area contributed by atoms with Crippen LogP contribution in [0.15, 0.2) is 48.8 Å². The Morgan fingerprint density at radius 1 is 1.30 bits per heavy atom. The molecule has 0 saturated carbocycles. The molecule has 0 radical (unpaired) electrons. The molecular formula is C19H16ClN3O3S. The van der Waals surface area contributed by atoms with Gasteiger partial charge in [-0.05, 0) is 29.8 Å². The highest BCUT2D eigenvalue weighted by atomic mass is 35.5. The highest BCUT2D eigenvalue weighted by Crippen LogP contribution is 2.33. The van der Waals surface area contributed by atoms with E-state index in [-0.39, 0.29) is 12.0 Å². The first-order valence-corrected chi connectivity index (χ1v) is 9.55. The van der Waals surface area contributed by atoms with E-state index in [1.54, 1.807) is 17.3 Å². The summed E-state index contributed by atoms with van der Waals surface area (Å²) in [4.78, 5) is 29.8. The summed E-state index contributed by atoms with van der Waals surface area (Å²) in [5, 5.41) is 2.93. The van der Waals surface area contributed by atoms with E-state index in [0.29, 0.717) is 29.6 Å². The standard InChI is InChI=1S/C19H16ClN3O3S/c20-17-5-4-16(27-17)14-10-21-11-15(14)18(24)22-9-12-2-1-3-13(8-12)23-6-7-26-19(23)25/h1-5,8,10-11,21H,6-7,9H2,(H,22,24). The third-order valence-corrected chi connectivity index (χ3v) is 5.53. The summed E-state index contributed by atoms with van der Waals surface area (Å²) in [6.45, 7) is 1.28. The topological polar surface area (TPSA) is 74.4 Å². The molecule has 3 aromatic rings. The summed E-state index contributed by atoms with van der Waals surface area (Å²) >= 11 is 7.42. The minimum Gasteiger partial charge on any atom is -0.447 e. The first-order chi connectivity index (χ1) is 13.1. The van der Waals surface area contributed by atoms with E-state index in [1.807, 2.05) is 36.4 Å². The highest BCUT2D eigenvalue weighted by molar-refractivity contribution is 7.19. The van der Waals surface area contributed by atoms with E-state index in [0.717, 1.165) is 21.7 Å².